The van der Waals surface area contributed by atoms with E-state index in [1.54, 1.807) is 37.3 Å². The van der Waals surface area contributed by atoms with Gasteiger partial charge in [-0.25, -0.2) is 14.4 Å². The second kappa shape index (κ2) is 12.4. The van der Waals surface area contributed by atoms with Crippen LogP contribution in [0.25, 0.3) is 11.3 Å². The molecule has 3 N–H and O–H groups in total. The topological polar surface area (TPSA) is 126 Å². The van der Waals surface area contributed by atoms with Crippen molar-refractivity contribution < 1.29 is 28.6 Å². The van der Waals surface area contributed by atoms with Crippen LogP contribution in [0.3, 0.4) is 0 Å². The summed E-state index contributed by atoms with van der Waals surface area (Å²) in [5.74, 6) is -0.647. The van der Waals surface area contributed by atoms with Crippen LogP contribution in [-0.4, -0.2) is 70.8 Å². The first kappa shape index (κ1) is 28.7. The van der Waals surface area contributed by atoms with Gasteiger partial charge in [-0.3, -0.25) is 9.59 Å². The third kappa shape index (κ3) is 6.12. The van der Waals surface area contributed by atoms with E-state index in [1.165, 1.54) is 24.3 Å². The van der Waals surface area contributed by atoms with Crippen molar-refractivity contribution in [2.75, 3.05) is 32.2 Å². The summed E-state index contributed by atoms with van der Waals surface area (Å²) >= 11 is 6.39. The SMILES string of the molecule is COc1cccc([C@@H](CO)NC(=O)[C@@H](C)N2Cc3c(F)cc(-c4nc(NC5CCOCC5)ncc4Cl)cc3C2=O)c1. The molecule has 0 saturated carbocycles. The van der Waals surface area contributed by atoms with Crippen molar-refractivity contribution in [1.82, 2.24) is 20.2 Å². The number of benzene rings is 2. The van der Waals surface area contributed by atoms with Crippen LogP contribution >= 0.6 is 11.6 Å². The highest BCUT2D eigenvalue weighted by Crippen LogP contribution is 2.34. The van der Waals surface area contributed by atoms with E-state index in [4.69, 9.17) is 21.1 Å². The number of nitrogens with zero attached hydrogens (tertiary/aromatic N) is 3. The zero-order chi connectivity index (χ0) is 29.1. The summed E-state index contributed by atoms with van der Waals surface area (Å²) in [6.45, 7) is 2.41. The first-order chi connectivity index (χ1) is 19.8. The number of aliphatic hydroxyl groups excluding tert-OH is 1. The summed E-state index contributed by atoms with van der Waals surface area (Å²) in [4.78, 5) is 36.6. The highest BCUT2D eigenvalue weighted by atomic mass is 35.5. The van der Waals surface area contributed by atoms with Crippen molar-refractivity contribution in [1.29, 1.82) is 0 Å². The molecule has 0 spiro atoms. The molecule has 3 heterocycles. The molecule has 0 aliphatic carbocycles. The fourth-order valence-corrected chi connectivity index (χ4v) is 5.22. The van der Waals surface area contributed by atoms with E-state index in [0.29, 0.717) is 41.7 Å². The highest BCUT2D eigenvalue weighted by molar-refractivity contribution is 6.33. The maximum atomic E-state index is 15.4. The minimum Gasteiger partial charge on any atom is -0.497 e. The van der Waals surface area contributed by atoms with Gasteiger partial charge in [0.1, 0.15) is 17.6 Å². The van der Waals surface area contributed by atoms with Gasteiger partial charge in [0.15, 0.2) is 0 Å². The fraction of sp³-hybridized carbons (Fsp3) is 0.379. The Hall–Kier alpha value is -3.80. The molecule has 216 valence electrons. The molecule has 1 aromatic heterocycles. The molecule has 0 unspecified atom stereocenters. The molecule has 0 bridgehead atoms. The zero-order valence-corrected chi connectivity index (χ0v) is 23.4. The quantitative estimate of drug-likeness (QED) is 0.348. The average Bonchev–Trinajstić information content (AvgIpc) is 3.33. The number of fused-ring (bicyclic) bond motifs is 1. The molecule has 2 amide bonds. The van der Waals surface area contributed by atoms with Gasteiger partial charge in [-0.15, -0.1) is 0 Å². The Morgan fingerprint density at radius 1 is 1.29 bits per heavy atom. The lowest BCUT2D eigenvalue weighted by Gasteiger charge is -2.26. The van der Waals surface area contributed by atoms with Crippen LogP contribution in [0.1, 0.15) is 47.3 Å². The van der Waals surface area contributed by atoms with Gasteiger partial charge in [-0.2, -0.15) is 0 Å². The van der Waals surface area contributed by atoms with Crippen molar-refractivity contribution in [2.24, 2.45) is 0 Å². The molecule has 2 atom stereocenters. The zero-order valence-electron chi connectivity index (χ0n) is 22.7. The molecule has 2 aromatic carbocycles. The standard InChI is InChI=1S/C29H31ClFN5O5/c1-16(27(38)34-25(15-37)17-4-3-5-20(10-17)40-2)36-14-22-21(28(36)39)11-18(12-24(22)31)26-23(30)13-32-29(35-26)33-19-6-8-41-9-7-19/h3-5,10-13,16,19,25,37H,6-9,14-15H2,1-2H3,(H,34,38)(H,32,33,35)/t16-,25-/m1/s1. The predicted octanol–water partition coefficient (Wildman–Crippen LogP) is 3.73. The molecule has 12 heteroatoms. The molecular weight excluding hydrogens is 553 g/mol. The maximum absolute atomic E-state index is 15.4. The molecule has 1 fully saturated rings. The minimum absolute atomic E-state index is 0.0775. The summed E-state index contributed by atoms with van der Waals surface area (Å²) in [6.07, 6.45) is 3.06. The van der Waals surface area contributed by atoms with E-state index in [1.807, 2.05) is 0 Å². The third-order valence-electron chi connectivity index (χ3n) is 7.43. The number of rotatable bonds is 9. The number of carbonyl (C=O) groups excluding carboxylic acids is 2. The third-order valence-corrected chi connectivity index (χ3v) is 7.71. The number of aliphatic hydroxyl groups is 1. The first-order valence-corrected chi connectivity index (χ1v) is 13.7. The van der Waals surface area contributed by atoms with Crippen molar-refractivity contribution in [2.45, 2.75) is 44.4 Å². The Balaban J connectivity index is 1.34. The van der Waals surface area contributed by atoms with Crippen LogP contribution < -0.4 is 15.4 Å². The first-order valence-electron chi connectivity index (χ1n) is 13.3. The summed E-state index contributed by atoms with van der Waals surface area (Å²) < 4.78 is 26.0. The van der Waals surface area contributed by atoms with Crippen LogP contribution in [0.4, 0.5) is 10.3 Å². The molecule has 2 aliphatic rings. The number of ether oxygens (including phenoxy) is 2. The number of methoxy groups -OCH3 is 1. The van der Waals surface area contributed by atoms with E-state index >= 15 is 4.39 Å². The largest absolute Gasteiger partial charge is 0.497 e. The number of halogens is 2. The number of nitrogens with one attached hydrogen (secondary N) is 2. The Morgan fingerprint density at radius 2 is 2.07 bits per heavy atom. The summed E-state index contributed by atoms with van der Waals surface area (Å²) in [6, 6.07) is 8.30. The van der Waals surface area contributed by atoms with Crippen LogP contribution in [0, 0.1) is 5.82 Å². The molecule has 3 aromatic rings. The number of hydrogen-bond acceptors (Lipinski definition) is 8. The van der Waals surface area contributed by atoms with E-state index in [9.17, 15) is 14.7 Å². The molecular formula is C29H31ClFN5O5. The summed E-state index contributed by atoms with van der Waals surface area (Å²) in [7, 11) is 1.52. The number of carbonyl (C=O) groups is 2. The minimum atomic E-state index is -0.935. The number of hydrogen-bond donors (Lipinski definition) is 3. The van der Waals surface area contributed by atoms with E-state index in [-0.39, 0.29) is 35.3 Å². The molecule has 2 aliphatic heterocycles. The lowest BCUT2D eigenvalue weighted by molar-refractivity contribution is -0.126. The monoisotopic (exact) mass is 583 g/mol. The predicted molar refractivity (Wildman–Crippen MR) is 150 cm³/mol. The Morgan fingerprint density at radius 3 is 2.80 bits per heavy atom. The van der Waals surface area contributed by atoms with Crippen molar-refractivity contribution in [3.8, 4) is 17.0 Å². The van der Waals surface area contributed by atoms with Gasteiger partial charge >= 0.3 is 0 Å². The molecule has 1 saturated heterocycles. The molecule has 10 nitrogen and oxygen atoms in total. The summed E-state index contributed by atoms with van der Waals surface area (Å²) in [5.41, 5.74) is 1.59. The van der Waals surface area contributed by atoms with E-state index in [2.05, 4.69) is 20.6 Å². The Labute approximate surface area is 241 Å². The Bertz CT molecular complexity index is 1450. The van der Waals surface area contributed by atoms with Crippen LogP contribution in [0.15, 0.2) is 42.6 Å². The van der Waals surface area contributed by atoms with Crippen molar-refractivity contribution in [3.05, 3.63) is 70.1 Å². The molecule has 41 heavy (non-hydrogen) atoms. The van der Waals surface area contributed by atoms with Crippen LogP contribution in [0.2, 0.25) is 5.02 Å². The van der Waals surface area contributed by atoms with Gasteiger partial charge in [-0.05, 0) is 49.6 Å². The fourth-order valence-electron chi connectivity index (χ4n) is 5.02. The number of aromatic nitrogens is 2. The maximum Gasteiger partial charge on any atom is 0.255 e. The molecule has 0 radical (unpaired) electrons. The highest BCUT2D eigenvalue weighted by Gasteiger charge is 2.37. The second-order valence-corrected chi connectivity index (χ2v) is 10.4. The second-order valence-electron chi connectivity index (χ2n) is 10.0. The lowest BCUT2D eigenvalue weighted by atomic mass is 10.0. The lowest BCUT2D eigenvalue weighted by Crippen LogP contribution is -2.46. The number of amides is 2. The van der Waals surface area contributed by atoms with E-state index < -0.39 is 29.7 Å². The van der Waals surface area contributed by atoms with Gasteiger partial charge in [0, 0.05) is 35.9 Å². The smallest absolute Gasteiger partial charge is 0.255 e. The van der Waals surface area contributed by atoms with Gasteiger partial charge in [-0.1, -0.05) is 23.7 Å². The van der Waals surface area contributed by atoms with Gasteiger partial charge < -0.3 is 30.1 Å². The van der Waals surface area contributed by atoms with Crippen molar-refractivity contribution >= 4 is 29.4 Å². The Kier molecular flexibility index (Phi) is 8.67. The average molecular weight is 584 g/mol. The van der Waals surface area contributed by atoms with Gasteiger partial charge in [0.25, 0.3) is 5.91 Å². The van der Waals surface area contributed by atoms with Gasteiger partial charge in [0.2, 0.25) is 11.9 Å². The normalized spacial score (nSPS) is 16.7. The number of anilines is 1. The molecule has 5 rings (SSSR count). The van der Waals surface area contributed by atoms with Crippen LogP contribution in [-0.2, 0) is 16.1 Å². The van der Waals surface area contributed by atoms with Crippen LogP contribution in [0.5, 0.6) is 5.75 Å². The summed E-state index contributed by atoms with van der Waals surface area (Å²) in [5, 5.41) is 16.2. The van der Waals surface area contributed by atoms with Gasteiger partial charge in [0.05, 0.1) is 43.2 Å². The van der Waals surface area contributed by atoms with Crippen molar-refractivity contribution in [3.63, 3.8) is 0 Å². The van der Waals surface area contributed by atoms with E-state index in [0.717, 1.165) is 12.8 Å².